The fourth-order valence-corrected chi connectivity index (χ4v) is 2.06. The number of nitrogens with zero attached hydrogens (tertiary/aromatic N) is 1. The van der Waals surface area contributed by atoms with Crippen LogP contribution < -0.4 is 10.6 Å². The Labute approximate surface area is 137 Å². The summed E-state index contributed by atoms with van der Waals surface area (Å²) in [4.78, 5) is 15.9. The van der Waals surface area contributed by atoms with E-state index in [2.05, 4.69) is 15.6 Å². The maximum Gasteiger partial charge on any atom is 0.408 e. The van der Waals surface area contributed by atoms with Gasteiger partial charge in [0.2, 0.25) is 0 Å². The number of aromatic nitrogens is 1. The second-order valence-corrected chi connectivity index (χ2v) is 6.35. The van der Waals surface area contributed by atoms with Crippen LogP contribution in [-0.2, 0) is 4.74 Å². The normalized spacial score (nSPS) is 12.3. The van der Waals surface area contributed by atoms with E-state index in [0.717, 1.165) is 16.9 Å². The van der Waals surface area contributed by atoms with Crippen LogP contribution in [-0.4, -0.2) is 16.7 Å². The lowest BCUT2D eigenvalue weighted by atomic mass is 10.1. The SMILES string of the molecule is C[C@H](NC(=O)OC(C)(C)C)c1cccc(Nc2ccncc2)c1. The van der Waals surface area contributed by atoms with Crippen LogP contribution in [0.5, 0.6) is 0 Å². The van der Waals surface area contributed by atoms with E-state index >= 15 is 0 Å². The number of anilines is 2. The fourth-order valence-electron chi connectivity index (χ4n) is 2.06. The molecule has 0 aliphatic carbocycles. The zero-order chi connectivity index (χ0) is 16.9. The molecule has 2 N–H and O–H groups in total. The summed E-state index contributed by atoms with van der Waals surface area (Å²) in [7, 11) is 0. The molecular formula is C18H23N3O2. The van der Waals surface area contributed by atoms with Gasteiger partial charge in [0.1, 0.15) is 5.60 Å². The molecular weight excluding hydrogens is 290 g/mol. The van der Waals surface area contributed by atoms with Crippen LogP contribution in [0.25, 0.3) is 0 Å². The Morgan fingerprint density at radius 3 is 2.48 bits per heavy atom. The first-order valence-corrected chi connectivity index (χ1v) is 7.60. The molecule has 23 heavy (non-hydrogen) atoms. The predicted octanol–water partition coefficient (Wildman–Crippen LogP) is 4.41. The second kappa shape index (κ2) is 7.13. The lowest BCUT2D eigenvalue weighted by Gasteiger charge is -2.22. The highest BCUT2D eigenvalue weighted by Crippen LogP contribution is 2.21. The van der Waals surface area contributed by atoms with Gasteiger partial charge in [0, 0.05) is 23.8 Å². The van der Waals surface area contributed by atoms with Gasteiger partial charge in [-0.2, -0.15) is 0 Å². The quantitative estimate of drug-likeness (QED) is 0.877. The third-order valence-corrected chi connectivity index (χ3v) is 3.09. The molecule has 1 atom stereocenters. The second-order valence-electron chi connectivity index (χ2n) is 6.35. The van der Waals surface area contributed by atoms with Crippen molar-refractivity contribution in [3.8, 4) is 0 Å². The number of alkyl carbamates (subject to hydrolysis) is 1. The summed E-state index contributed by atoms with van der Waals surface area (Å²) >= 11 is 0. The number of carbonyl (C=O) groups is 1. The average Bonchev–Trinajstić information content (AvgIpc) is 2.46. The molecule has 0 radical (unpaired) electrons. The number of amides is 1. The van der Waals surface area contributed by atoms with E-state index in [9.17, 15) is 4.79 Å². The van der Waals surface area contributed by atoms with Crippen molar-refractivity contribution < 1.29 is 9.53 Å². The van der Waals surface area contributed by atoms with Gasteiger partial charge < -0.3 is 15.4 Å². The maximum absolute atomic E-state index is 11.9. The Kier molecular flexibility index (Phi) is 5.21. The van der Waals surface area contributed by atoms with Gasteiger partial charge >= 0.3 is 6.09 Å². The number of hydrogen-bond donors (Lipinski definition) is 2. The van der Waals surface area contributed by atoms with E-state index in [1.165, 1.54) is 0 Å². The molecule has 0 fully saturated rings. The minimum atomic E-state index is -0.505. The smallest absolute Gasteiger partial charge is 0.408 e. The van der Waals surface area contributed by atoms with Gasteiger partial charge in [0.25, 0.3) is 0 Å². The summed E-state index contributed by atoms with van der Waals surface area (Å²) in [5.74, 6) is 0. The van der Waals surface area contributed by atoms with E-state index < -0.39 is 11.7 Å². The van der Waals surface area contributed by atoms with Gasteiger partial charge in [-0.3, -0.25) is 4.98 Å². The number of benzene rings is 1. The molecule has 0 aliphatic rings. The van der Waals surface area contributed by atoms with Crippen LogP contribution in [0.1, 0.15) is 39.3 Å². The van der Waals surface area contributed by atoms with Crippen molar-refractivity contribution in [2.45, 2.75) is 39.3 Å². The van der Waals surface area contributed by atoms with Crippen LogP contribution in [0.3, 0.4) is 0 Å². The molecule has 1 aromatic carbocycles. The van der Waals surface area contributed by atoms with Gasteiger partial charge in [-0.25, -0.2) is 4.79 Å². The van der Waals surface area contributed by atoms with Crippen molar-refractivity contribution in [1.29, 1.82) is 0 Å². The predicted molar refractivity (Wildman–Crippen MR) is 91.7 cm³/mol. The molecule has 1 amide bonds. The topological polar surface area (TPSA) is 63.2 Å². The molecule has 1 heterocycles. The van der Waals surface area contributed by atoms with Crippen LogP contribution in [0.2, 0.25) is 0 Å². The highest BCUT2D eigenvalue weighted by molar-refractivity contribution is 5.68. The van der Waals surface area contributed by atoms with Gasteiger partial charge in [-0.05, 0) is 57.5 Å². The summed E-state index contributed by atoms with van der Waals surface area (Å²) in [6.45, 7) is 7.46. The van der Waals surface area contributed by atoms with Crippen LogP contribution in [0.4, 0.5) is 16.2 Å². The van der Waals surface area contributed by atoms with E-state index in [0.29, 0.717) is 0 Å². The van der Waals surface area contributed by atoms with Crippen molar-refractivity contribution in [2.24, 2.45) is 0 Å². The highest BCUT2D eigenvalue weighted by Gasteiger charge is 2.18. The van der Waals surface area contributed by atoms with Gasteiger partial charge in [0.05, 0.1) is 6.04 Å². The standard InChI is InChI=1S/C18H23N3O2/c1-13(20-17(22)23-18(2,3)4)14-6-5-7-16(12-14)21-15-8-10-19-11-9-15/h5-13H,1-4H3,(H,19,21)(H,20,22)/t13-/m0/s1. The Hall–Kier alpha value is -2.56. The Morgan fingerprint density at radius 1 is 1.13 bits per heavy atom. The van der Waals surface area contributed by atoms with Crippen molar-refractivity contribution >= 4 is 17.5 Å². The summed E-state index contributed by atoms with van der Waals surface area (Å²) in [5, 5.41) is 6.15. The van der Waals surface area contributed by atoms with Crippen molar-refractivity contribution in [1.82, 2.24) is 10.3 Å². The number of carbonyl (C=O) groups excluding carboxylic acids is 1. The number of pyridine rings is 1. The summed E-state index contributed by atoms with van der Waals surface area (Å²) in [6, 6.07) is 11.5. The molecule has 5 nitrogen and oxygen atoms in total. The zero-order valence-corrected chi connectivity index (χ0v) is 14.0. The maximum atomic E-state index is 11.9. The van der Waals surface area contributed by atoms with E-state index in [1.54, 1.807) is 12.4 Å². The third-order valence-electron chi connectivity index (χ3n) is 3.09. The largest absolute Gasteiger partial charge is 0.444 e. The van der Waals surface area contributed by atoms with E-state index in [1.807, 2.05) is 64.1 Å². The first-order valence-electron chi connectivity index (χ1n) is 7.60. The molecule has 2 aromatic rings. The molecule has 0 saturated carbocycles. The minimum Gasteiger partial charge on any atom is -0.444 e. The molecule has 5 heteroatoms. The van der Waals surface area contributed by atoms with E-state index in [-0.39, 0.29) is 6.04 Å². The Morgan fingerprint density at radius 2 is 1.83 bits per heavy atom. The lowest BCUT2D eigenvalue weighted by molar-refractivity contribution is 0.0508. The Balaban J connectivity index is 2.02. The van der Waals surface area contributed by atoms with Crippen LogP contribution in [0.15, 0.2) is 48.8 Å². The monoisotopic (exact) mass is 313 g/mol. The number of hydrogen-bond acceptors (Lipinski definition) is 4. The van der Waals surface area contributed by atoms with Crippen molar-refractivity contribution in [3.05, 3.63) is 54.4 Å². The average molecular weight is 313 g/mol. The lowest BCUT2D eigenvalue weighted by Crippen LogP contribution is -2.34. The molecule has 0 bridgehead atoms. The number of rotatable bonds is 4. The third kappa shape index (κ3) is 5.62. The van der Waals surface area contributed by atoms with Gasteiger partial charge in [-0.15, -0.1) is 0 Å². The first-order chi connectivity index (χ1) is 10.8. The van der Waals surface area contributed by atoms with E-state index in [4.69, 9.17) is 4.74 Å². The number of nitrogens with one attached hydrogen (secondary N) is 2. The van der Waals surface area contributed by atoms with Crippen LogP contribution in [0, 0.1) is 0 Å². The first kappa shape index (κ1) is 16.8. The molecule has 0 saturated heterocycles. The van der Waals surface area contributed by atoms with Gasteiger partial charge in [0.15, 0.2) is 0 Å². The summed E-state index contributed by atoms with van der Waals surface area (Å²) < 4.78 is 5.28. The molecule has 0 unspecified atom stereocenters. The fraction of sp³-hybridized carbons (Fsp3) is 0.333. The summed E-state index contributed by atoms with van der Waals surface area (Å²) in [5.41, 5.74) is 2.40. The Bertz CT molecular complexity index is 651. The molecule has 122 valence electrons. The van der Waals surface area contributed by atoms with Gasteiger partial charge in [-0.1, -0.05) is 12.1 Å². The minimum absolute atomic E-state index is 0.149. The summed E-state index contributed by atoms with van der Waals surface area (Å²) in [6.07, 6.45) is 3.05. The van der Waals surface area contributed by atoms with Crippen molar-refractivity contribution in [3.63, 3.8) is 0 Å². The zero-order valence-electron chi connectivity index (χ0n) is 14.0. The highest BCUT2D eigenvalue weighted by atomic mass is 16.6. The number of ether oxygens (including phenoxy) is 1. The molecule has 0 spiro atoms. The van der Waals surface area contributed by atoms with Crippen LogP contribution >= 0.6 is 0 Å². The van der Waals surface area contributed by atoms with Crippen molar-refractivity contribution in [2.75, 3.05) is 5.32 Å². The molecule has 2 rings (SSSR count). The molecule has 0 aliphatic heterocycles. The molecule has 1 aromatic heterocycles.